The normalized spacial score (nSPS) is 19.4. The van der Waals surface area contributed by atoms with Crippen molar-refractivity contribution in [3.63, 3.8) is 0 Å². The molecule has 2 saturated heterocycles. The van der Waals surface area contributed by atoms with E-state index in [0.717, 1.165) is 36.6 Å². The van der Waals surface area contributed by atoms with Gasteiger partial charge in [0.25, 0.3) is 5.56 Å². The van der Waals surface area contributed by atoms with Crippen LogP contribution in [0.5, 0.6) is 0 Å². The van der Waals surface area contributed by atoms with Crippen molar-refractivity contribution in [1.29, 1.82) is 0 Å². The number of pyridine rings is 2. The van der Waals surface area contributed by atoms with Gasteiger partial charge in [-0.2, -0.15) is 0 Å². The molecule has 6 heterocycles. The Hall–Kier alpha value is -2.90. The van der Waals surface area contributed by atoms with E-state index in [-0.39, 0.29) is 5.56 Å². The molecule has 2 aliphatic rings. The average molecular weight is 435 g/mol. The van der Waals surface area contributed by atoms with Crippen molar-refractivity contribution in [3.05, 3.63) is 63.9 Å². The maximum Gasteiger partial charge on any atom is 0.258 e. The first-order valence-corrected chi connectivity index (χ1v) is 11.1. The van der Waals surface area contributed by atoms with Crippen molar-refractivity contribution < 1.29 is 0 Å². The Kier molecular flexibility index (Phi) is 4.30. The van der Waals surface area contributed by atoms with Crippen LogP contribution in [0.4, 0.5) is 5.69 Å². The van der Waals surface area contributed by atoms with E-state index in [1.165, 1.54) is 19.4 Å². The molecule has 2 aliphatic heterocycles. The maximum absolute atomic E-state index is 13.0. The molecule has 0 radical (unpaired) electrons. The number of anilines is 1. The van der Waals surface area contributed by atoms with Crippen molar-refractivity contribution in [2.45, 2.75) is 25.8 Å². The highest BCUT2D eigenvalue weighted by atomic mass is 35.5. The van der Waals surface area contributed by atoms with Crippen molar-refractivity contribution >= 4 is 28.6 Å². The fourth-order valence-corrected chi connectivity index (χ4v) is 5.23. The molecule has 0 saturated carbocycles. The molecule has 8 heteroatoms. The predicted molar refractivity (Wildman–Crippen MR) is 122 cm³/mol. The molecule has 31 heavy (non-hydrogen) atoms. The van der Waals surface area contributed by atoms with Crippen LogP contribution in [-0.2, 0) is 0 Å². The van der Waals surface area contributed by atoms with Crippen LogP contribution in [0.2, 0.25) is 5.02 Å². The van der Waals surface area contributed by atoms with E-state index in [2.05, 4.69) is 20.9 Å². The van der Waals surface area contributed by atoms with Crippen LogP contribution in [0.3, 0.4) is 0 Å². The number of halogens is 1. The second-order valence-corrected chi connectivity index (χ2v) is 8.97. The lowest BCUT2D eigenvalue weighted by Gasteiger charge is -2.38. The molecule has 7 nitrogen and oxygen atoms in total. The smallest absolute Gasteiger partial charge is 0.258 e. The van der Waals surface area contributed by atoms with Gasteiger partial charge in [-0.25, -0.2) is 9.97 Å². The lowest BCUT2D eigenvalue weighted by Crippen LogP contribution is -2.50. The highest BCUT2D eigenvalue weighted by molar-refractivity contribution is 6.33. The Morgan fingerprint density at radius 1 is 1.06 bits per heavy atom. The minimum Gasteiger partial charge on any atom is -0.367 e. The number of hydrogen-bond donors (Lipinski definition) is 0. The monoisotopic (exact) mass is 434 g/mol. The first kappa shape index (κ1) is 18.8. The standard InChI is InChI=1S/C23H23ClN6O/c1-15-11-29-12-16(9-19(24)23(29)25-15)20-10-22(31)30-14-18(4-5-21(30)26-20)28-8-7-27-6-2-3-17(27)13-28/h4-5,9-12,14,17H,2-3,6-8,13H2,1H3/t17-/m0/s1. The molecule has 6 rings (SSSR count). The highest BCUT2D eigenvalue weighted by Crippen LogP contribution is 2.27. The summed E-state index contributed by atoms with van der Waals surface area (Å²) < 4.78 is 3.52. The zero-order chi connectivity index (χ0) is 21.1. The average Bonchev–Trinajstić information content (AvgIpc) is 3.38. The van der Waals surface area contributed by atoms with E-state index in [1.807, 2.05) is 42.0 Å². The summed E-state index contributed by atoms with van der Waals surface area (Å²) in [5.41, 5.74) is 4.59. The number of nitrogens with zero attached hydrogens (tertiary/aromatic N) is 6. The molecule has 2 fully saturated rings. The lowest BCUT2D eigenvalue weighted by atomic mass is 10.1. The van der Waals surface area contributed by atoms with Gasteiger partial charge in [0.2, 0.25) is 0 Å². The van der Waals surface area contributed by atoms with Crippen molar-refractivity contribution in [2.24, 2.45) is 0 Å². The minimum absolute atomic E-state index is 0.0978. The van der Waals surface area contributed by atoms with E-state index in [0.29, 0.717) is 28.1 Å². The Morgan fingerprint density at radius 2 is 1.97 bits per heavy atom. The van der Waals surface area contributed by atoms with Gasteiger partial charge in [0.15, 0.2) is 5.65 Å². The van der Waals surface area contributed by atoms with Gasteiger partial charge in [0, 0.05) is 55.9 Å². The van der Waals surface area contributed by atoms with Crippen LogP contribution in [0.15, 0.2) is 47.7 Å². The number of rotatable bonds is 2. The molecule has 4 aromatic rings. The fourth-order valence-electron chi connectivity index (χ4n) is 4.97. The molecule has 1 atom stereocenters. The number of aromatic nitrogens is 4. The number of piperazine rings is 1. The van der Waals surface area contributed by atoms with Gasteiger partial charge in [0.05, 0.1) is 22.1 Å². The minimum atomic E-state index is -0.0978. The highest BCUT2D eigenvalue weighted by Gasteiger charge is 2.30. The zero-order valence-electron chi connectivity index (χ0n) is 17.3. The van der Waals surface area contributed by atoms with E-state index < -0.39 is 0 Å². The molecular weight excluding hydrogens is 412 g/mol. The molecule has 4 aromatic heterocycles. The molecule has 0 N–H and O–H groups in total. The summed E-state index contributed by atoms with van der Waals surface area (Å²) >= 11 is 6.43. The Labute approximate surface area is 184 Å². The third kappa shape index (κ3) is 3.20. The summed E-state index contributed by atoms with van der Waals surface area (Å²) in [5.74, 6) is 0. The molecule has 0 aromatic carbocycles. The van der Waals surface area contributed by atoms with Gasteiger partial charge in [-0.3, -0.25) is 14.1 Å². The van der Waals surface area contributed by atoms with E-state index in [1.54, 1.807) is 10.5 Å². The third-order valence-corrected chi connectivity index (χ3v) is 6.80. The third-order valence-electron chi connectivity index (χ3n) is 6.52. The van der Waals surface area contributed by atoms with Crippen molar-refractivity contribution in [3.8, 4) is 11.3 Å². The number of imidazole rings is 1. The quantitative estimate of drug-likeness (QED) is 0.484. The van der Waals surface area contributed by atoms with Gasteiger partial charge < -0.3 is 9.30 Å². The molecule has 0 unspecified atom stereocenters. The van der Waals surface area contributed by atoms with Crippen LogP contribution in [0, 0.1) is 6.92 Å². The molecular formula is C23H23ClN6O. The summed E-state index contributed by atoms with van der Waals surface area (Å²) in [6.07, 6.45) is 8.30. The summed E-state index contributed by atoms with van der Waals surface area (Å²) in [7, 11) is 0. The number of fused-ring (bicyclic) bond motifs is 3. The molecule has 0 spiro atoms. The first-order chi connectivity index (χ1) is 15.0. The zero-order valence-corrected chi connectivity index (χ0v) is 18.1. The summed E-state index contributed by atoms with van der Waals surface area (Å²) in [5, 5.41) is 0.536. The van der Waals surface area contributed by atoms with Crippen molar-refractivity contribution in [2.75, 3.05) is 31.1 Å². The number of hydrogen-bond acceptors (Lipinski definition) is 5. The van der Waals surface area contributed by atoms with E-state index in [9.17, 15) is 4.79 Å². The van der Waals surface area contributed by atoms with Crippen LogP contribution < -0.4 is 10.5 Å². The first-order valence-electron chi connectivity index (χ1n) is 10.7. The van der Waals surface area contributed by atoms with Gasteiger partial charge in [-0.05, 0) is 44.5 Å². The summed E-state index contributed by atoms with van der Waals surface area (Å²) in [6, 6.07) is 8.03. The van der Waals surface area contributed by atoms with Gasteiger partial charge in [-0.1, -0.05) is 11.6 Å². The summed E-state index contributed by atoms with van der Waals surface area (Å²) in [6.45, 7) is 6.25. The topological polar surface area (TPSA) is 58.2 Å². The van der Waals surface area contributed by atoms with Gasteiger partial charge in [0.1, 0.15) is 5.65 Å². The molecule has 0 amide bonds. The molecule has 0 aliphatic carbocycles. The Bertz CT molecular complexity index is 1380. The lowest BCUT2D eigenvalue weighted by molar-refractivity contribution is 0.231. The Morgan fingerprint density at radius 3 is 2.87 bits per heavy atom. The van der Waals surface area contributed by atoms with Gasteiger partial charge >= 0.3 is 0 Å². The van der Waals surface area contributed by atoms with Crippen LogP contribution >= 0.6 is 11.6 Å². The second-order valence-electron chi connectivity index (χ2n) is 8.56. The molecule has 0 bridgehead atoms. The summed E-state index contributed by atoms with van der Waals surface area (Å²) in [4.78, 5) is 27.1. The largest absolute Gasteiger partial charge is 0.367 e. The Balaban J connectivity index is 1.38. The maximum atomic E-state index is 13.0. The van der Waals surface area contributed by atoms with Crippen LogP contribution in [0.25, 0.3) is 22.6 Å². The van der Waals surface area contributed by atoms with Gasteiger partial charge in [-0.15, -0.1) is 0 Å². The van der Waals surface area contributed by atoms with Crippen LogP contribution in [0.1, 0.15) is 18.5 Å². The number of aryl methyl sites for hydroxylation is 1. The van der Waals surface area contributed by atoms with Crippen LogP contribution in [-0.4, -0.2) is 55.9 Å². The second kappa shape index (κ2) is 7.07. The van der Waals surface area contributed by atoms with Crippen molar-refractivity contribution in [1.82, 2.24) is 23.7 Å². The predicted octanol–water partition coefficient (Wildman–Crippen LogP) is 3.26. The molecule has 158 valence electrons. The SMILES string of the molecule is Cc1cn2cc(-c3cc(=O)n4cc(N5CCN6CCC[C@H]6C5)ccc4n3)cc(Cl)c2n1. The fraction of sp³-hybridized carbons (Fsp3) is 0.348. The van der Waals surface area contributed by atoms with E-state index in [4.69, 9.17) is 16.6 Å². The van der Waals surface area contributed by atoms with E-state index >= 15 is 0 Å².